The summed E-state index contributed by atoms with van der Waals surface area (Å²) in [6, 6.07) is 10.6. The van der Waals surface area contributed by atoms with Crippen molar-refractivity contribution in [1.29, 1.82) is 0 Å². The highest BCUT2D eigenvalue weighted by Gasteiger charge is 2.30. The maximum atomic E-state index is 13.5. The van der Waals surface area contributed by atoms with E-state index in [-0.39, 0.29) is 6.04 Å². The number of hydrogen-bond acceptors (Lipinski definition) is 4. The first kappa shape index (κ1) is 17.3. The minimum Gasteiger partial charge on any atom is -0.450 e. The molecule has 1 aliphatic carbocycles. The average molecular weight is 368 g/mol. The number of nitrogens with one attached hydrogen (secondary N) is 1. The molecular formula is C20H21FN4O2. The van der Waals surface area contributed by atoms with Crippen LogP contribution in [0.2, 0.25) is 0 Å². The molecule has 2 heterocycles. The van der Waals surface area contributed by atoms with Crippen LogP contribution in [0.3, 0.4) is 0 Å². The van der Waals surface area contributed by atoms with E-state index in [2.05, 4.69) is 14.9 Å². The number of pyridine rings is 1. The maximum absolute atomic E-state index is 13.5. The van der Waals surface area contributed by atoms with E-state index in [0.29, 0.717) is 37.4 Å². The molecule has 0 saturated heterocycles. The highest BCUT2D eigenvalue weighted by atomic mass is 19.1. The van der Waals surface area contributed by atoms with Crippen LogP contribution in [-0.4, -0.2) is 28.3 Å². The normalized spacial score (nSPS) is 15.7. The summed E-state index contributed by atoms with van der Waals surface area (Å²) in [5.74, 6) is -0.494. The molecule has 1 amide bonds. The fourth-order valence-corrected chi connectivity index (χ4v) is 3.83. The van der Waals surface area contributed by atoms with Crippen LogP contribution >= 0.6 is 0 Å². The highest BCUT2D eigenvalue weighted by molar-refractivity contribution is 5.89. The number of fused-ring (bicyclic) bond motifs is 3. The minimum absolute atomic E-state index is 0.0356. The Labute approximate surface area is 156 Å². The van der Waals surface area contributed by atoms with Crippen molar-refractivity contribution in [2.24, 2.45) is 0 Å². The SMILES string of the molecule is CCOC(=O)NC1Cc2c(n(Cc3cccc(F)n3)c3ccc(N)cc23)C1. The minimum atomic E-state index is -0.494. The number of alkyl carbamates (subject to hydrolysis) is 1. The number of carbonyl (C=O) groups excluding carboxylic acids is 1. The molecule has 7 heteroatoms. The molecule has 1 unspecified atom stereocenters. The van der Waals surface area contributed by atoms with Gasteiger partial charge in [-0.25, -0.2) is 9.78 Å². The lowest BCUT2D eigenvalue weighted by Gasteiger charge is -2.14. The molecule has 1 aromatic carbocycles. The Kier molecular flexibility index (Phi) is 4.43. The summed E-state index contributed by atoms with van der Waals surface area (Å²) in [4.78, 5) is 15.8. The fraction of sp³-hybridized carbons (Fsp3) is 0.300. The third-order valence-electron chi connectivity index (χ3n) is 4.89. The van der Waals surface area contributed by atoms with Gasteiger partial charge in [-0.3, -0.25) is 0 Å². The summed E-state index contributed by atoms with van der Waals surface area (Å²) in [6.07, 6.45) is 0.977. The van der Waals surface area contributed by atoms with Crippen LogP contribution in [0.25, 0.3) is 10.9 Å². The summed E-state index contributed by atoms with van der Waals surface area (Å²) in [7, 11) is 0. The fourth-order valence-electron chi connectivity index (χ4n) is 3.83. The van der Waals surface area contributed by atoms with Crippen molar-refractivity contribution < 1.29 is 13.9 Å². The zero-order valence-corrected chi connectivity index (χ0v) is 15.0. The van der Waals surface area contributed by atoms with Crippen molar-refractivity contribution in [2.45, 2.75) is 32.4 Å². The number of rotatable bonds is 4. The van der Waals surface area contributed by atoms with E-state index >= 15 is 0 Å². The van der Waals surface area contributed by atoms with Gasteiger partial charge in [0, 0.05) is 34.7 Å². The number of hydrogen-bond donors (Lipinski definition) is 2. The van der Waals surface area contributed by atoms with E-state index in [9.17, 15) is 9.18 Å². The van der Waals surface area contributed by atoms with Gasteiger partial charge in [0.1, 0.15) is 0 Å². The Bertz CT molecular complexity index is 1010. The zero-order valence-electron chi connectivity index (χ0n) is 15.0. The quantitative estimate of drug-likeness (QED) is 0.548. The molecule has 1 aliphatic rings. The summed E-state index contributed by atoms with van der Waals surface area (Å²) in [5.41, 5.74) is 10.6. The van der Waals surface area contributed by atoms with Crippen LogP contribution in [0.5, 0.6) is 0 Å². The summed E-state index contributed by atoms with van der Waals surface area (Å²) >= 11 is 0. The number of nitrogens with zero attached hydrogens (tertiary/aromatic N) is 2. The Hall–Kier alpha value is -3.09. The van der Waals surface area contributed by atoms with Gasteiger partial charge in [0.25, 0.3) is 0 Å². The molecule has 0 spiro atoms. The Morgan fingerprint density at radius 2 is 2.22 bits per heavy atom. The van der Waals surface area contributed by atoms with Crippen LogP contribution in [0.1, 0.15) is 23.9 Å². The molecule has 1 atom stereocenters. The summed E-state index contributed by atoms with van der Waals surface area (Å²) < 4.78 is 20.7. The lowest BCUT2D eigenvalue weighted by Crippen LogP contribution is -2.36. The second kappa shape index (κ2) is 6.90. The first-order valence-electron chi connectivity index (χ1n) is 8.99. The van der Waals surface area contributed by atoms with Crippen molar-refractivity contribution in [2.75, 3.05) is 12.3 Å². The molecule has 0 bridgehead atoms. The number of halogens is 1. The number of carbonyl (C=O) groups is 1. The number of nitrogens with two attached hydrogens (primary N) is 1. The van der Waals surface area contributed by atoms with Crippen molar-refractivity contribution >= 4 is 22.7 Å². The van der Waals surface area contributed by atoms with Gasteiger partial charge in [-0.2, -0.15) is 4.39 Å². The Balaban J connectivity index is 1.71. The van der Waals surface area contributed by atoms with Crippen LogP contribution in [0.15, 0.2) is 36.4 Å². The molecule has 6 nitrogen and oxygen atoms in total. The molecule has 0 fully saturated rings. The smallest absolute Gasteiger partial charge is 0.407 e. The second-order valence-corrected chi connectivity index (χ2v) is 6.71. The lowest BCUT2D eigenvalue weighted by molar-refractivity contribution is 0.148. The molecule has 0 aliphatic heterocycles. The molecule has 2 aromatic heterocycles. The van der Waals surface area contributed by atoms with E-state index in [0.717, 1.165) is 22.2 Å². The molecule has 3 N–H and O–H groups in total. The van der Waals surface area contributed by atoms with Gasteiger partial charge < -0.3 is 20.4 Å². The predicted octanol–water partition coefficient (Wildman–Crippen LogP) is 3.02. The number of ether oxygens (including phenoxy) is 1. The number of anilines is 1. The van der Waals surface area contributed by atoms with E-state index < -0.39 is 12.0 Å². The summed E-state index contributed by atoms with van der Waals surface area (Å²) in [5, 5.41) is 3.98. The van der Waals surface area contributed by atoms with Gasteiger partial charge in [-0.05, 0) is 49.2 Å². The van der Waals surface area contributed by atoms with Crippen LogP contribution in [0, 0.1) is 5.95 Å². The zero-order chi connectivity index (χ0) is 19.0. The molecular weight excluding hydrogens is 347 g/mol. The first-order chi connectivity index (χ1) is 13.0. The van der Waals surface area contributed by atoms with Crippen LogP contribution in [-0.2, 0) is 24.1 Å². The lowest BCUT2D eigenvalue weighted by atomic mass is 10.1. The van der Waals surface area contributed by atoms with Gasteiger partial charge >= 0.3 is 6.09 Å². The molecule has 27 heavy (non-hydrogen) atoms. The average Bonchev–Trinajstić information content (AvgIpc) is 3.13. The molecule has 0 radical (unpaired) electrons. The van der Waals surface area contributed by atoms with Crippen molar-refractivity contribution in [3.05, 3.63) is 59.3 Å². The van der Waals surface area contributed by atoms with E-state index in [1.807, 2.05) is 24.3 Å². The molecule has 140 valence electrons. The number of aromatic nitrogens is 2. The van der Waals surface area contributed by atoms with E-state index in [4.69, 9.17) is 10.5 Å². The third kappa shape index (κ3) is 3.32. The Morgan fingerprint density at radius 3 is 3.00 bits per heavy atom. The second-order valence-electron chi connectivity index (χ2n) is 6.71. The largest absolute Gasteiger partial charge is 0.450 e. The standard InChI is InChI=1S/C20H21FN4O2/c1-2-27-20(26)24-14-9-16-15-8-12(22)6-7-17(15)25(18(16)10-14)11-13-4-3-5-19(21)23-13/h3-8,14H,2,9-11,22H2,1H3,(H,24,26). The molecule has 3 aromatic rings. The first-order valence-corrected chi connectivity index (χ1v) is 8.99. The Morgan fingerprint density at radius 1 is 1.37 bits per heavy atom. The van der Waals surface area contributed by atoms with Crippen LogP contribution in [0.4, 0.5) is 14.9 Å². The van der Waals surface area contributed by atoms with Gasteiger partial charge in [0.15, 0.2) is 0 Å². The highest BCUT2D eigenvalue weighted by Crippen LogP contribution is 2.35. The third-order valence-corrected chi connectivity index (χ3v) is 4.89. The van der Waals surface area contributed by atoms with Crippen molar-refractivity contribution in [1.82, 2.24) is 14.9 Å². The van der Waals surface area contributed by atoms with E-state index in [1.165, 1.54) is 6.07 Å². The maximum Gasteiger partial charge on any atom is 0.407 e. The topological polar surface area (TPSA) is 82.2 Å². The monoisotopic (exact) mass is 368 g/mol. The summed E-state index contributed by atoms with van der Waals surface area (Å²) in [6.45, 7) is 2.57. The number of amides is 1. The van der Waals surface area contributed by atoms with Crippen LogP contribution < -0.4 is 11.1 Å². The predicted molar refractivity (Wildman–Crippen MR) is 101 cm³/mol. The van der Waals surface area contributed by atoms with Gasteiger partial charge in [-0.1, -0.05) is 6.07 Å². The van der Waals surface area contributed by atoms with Gasteiger partial charge in [0.2, 0.25) is 5.95 Å². The molecule has 0 saturated carbocycles. The number of benzene rings is 1. The van der Waals surface area contributed by atoms with E-state index in [1.54, 1.807) is 13.0 Å². The van der Waals surface area contributed by atoms with Gasteiger partial charge in [0.05, 0.1) is 18.8 Å². The van der Waals surface area contributed by atoms with Crippen molar-refractivity contribution in [3.63, 3.8) is 0 Å². The number of nitrogen functional groups attached to an aromatic ring is 1. The molecule has 4 rings (SSSR count). The van der Waals surface area contributed by atoms with Crippen molar-refractivity contribution in [3.8, 4) is 0 Å². The van der Waals surface area contributed by atoms with Gasteiger partial charge in [-0.15, -0.1) is 0 Å².